The monoisotopic (exact) mass is 936 g/mol. The maximum absolute atomic E-state index is 7.13. The van der Waals surface area contributed by atoms with Gasteiger partial charge in [-0.1, -0.05) is 139 Å². The first kappa shape index (κ1) is 44.3. The number of hydrogen-bond acceptors (Lipinski definition) is 4. The number of hydrogen-bond donors (Lipinski definition) is 0. The first-order valence-electron chi connectivity index (χ1n) is 26.0. The van der Waals surface area contributed by atoms with E-state index in [0.29, 0.717) is 0 Å². The lowest BCUT2D eigenvalue weighted by Gasteiger charge is -2.44. The van der Waals surface area contributed by atoms with Crippen LogP contribution in [0.15, 0.2) is 180 Å². The van der Waals surface area contributed by atoms with Crippen molar-refractivity contribution >= 4 is 96.4 Å². The van der Waals surface area contributed by atoms with Crippen molar-refractivity contribution in [1.82, 2.24) is 4.57 Å². The van der Waals surface area contributed by atoms with Crippen molar-refractivity contribution < 1.29 is 4.42 Å². The van der Waals surface area contributed by atoms with Crippen molar-refractivity contribution in [3.8, 4) is 5.69 Å². The highest BCUT2D eigenvalue weighted by atomic mass is 16.3. The van der Waals surface area contributed by atoms with Gasteiger partial charge in [0.1, 0.15) is 5.58 Å². The van der Waals surface area contributed by atoms with E-state index < -0.39 is 0 Å². The van der Waals surface area contributed by atoms with Crippen LogP contribution in [0.25, 0.3) is 27.6 Å². The van der Waals surface area contributed by atoms with E-state index in [4.69, 9.17) is 4.42 Å². The number of aromatic nitrogens is 1. The van der Waals surface area contributed by atoms with Crippen LogP contribution in [0.2, 0.25) is 0 Å². The molecule has 2 aromatic heterocycles. The topological polar surface area (TPSA) is 27.8 Å². The third-order valence-electron chi connectivity index (χ3n) is 15.8. The van der Waals surface area contributed by atoms with E-state index in [0.717, 1.165) is 68.8 Å². The molecule has 13 rings (SSSR count). The van der Waals surface area contributed by atoms with Crippen molar-refractivity contribution in [3.63, 3.8) is 0 Å². The molecule has 0 N–H and O–H groups in total. The van der Waals surface area contributed by atoms with Crippen molar-refractivity contribution in [2.24, 2.45) is 0 Å². The number of fused-ring (bicyclic) bond motifs is 9. The minimum absolute atomic E-state index is 0.0240. The van der Waals surface area contributed by atoms with Gasteiger partial charge in [0.25, 0.3) is 6.71 Å². The Morgan fingerprint density at radius 1 is 0.500 bits per heavy atom. The summed E-state index contributed by atoms with van der Waals surface area (Å²) in [4.78, 5) is 7.62. The number of rotatable bonds is 6. The van der Waals surface area contributed by atoms with Gasteiger partial charge < -0.3 is 23.7 Å². The summed E-state index contributed by atoms with van der Waals surface area (Å²) in [7, 11) is 0. The Hall–Kier alpha value is -7.70. The molecule has 0 fully saturated rings. The molecule has 0 saturated heterocycles. The van der Waals surface area contributed by atoms with Crippen LogP contribution in [0.4, 0.5) is 51.2 Å². The van der Waals surface area contributed by atoms with E-state index >= 15 is 0 Å². The Balaban J connectivity index is 1.14. The van der Waals surface area contributed by atoms with E-state index in [1.807, 2.05) is 0 Å². The summed E-state index contributed by atoms with van der Waals surface area (Å²) in [6, 6.07) is 66.2. The third-order valence-corrected chi connectivity index (χ3v) is 15.8. The molecule has 8 aromatic carbocycles. The fraction of sp³-hybridized carbons (Fsp3) is 0.212. The molecule has 0 unspecified atom stereocenters. The SMILES string of the molecule is Cc1cc2c3c(c1)N(c1cccc4c1oc1c(C)cccc14)c1cc(N(c4ccc(C(C)(C)C)cc4)c4ccc(C(C)(C)C)cc4)ccc1B3c1c(c3c(n1-c1ccccc1)CCCC3)N2c1ccccc1. The van der Waals surface area contributed by atoms with Gasteiger partial charge in [0.05, 0.1) is 11.4 Å². The maximum atomic E-state index is 7.13. The molecular formula is C66H61BN4O. The second-order valence-electron chi connectivity index (χ2n) is 22.6. The van der Waals surface area contributed by atoms with Crippen molar-refractivity contribution in [3.05, 3.63) is 209 Å². The summed E-state index contributed by atoms with van der Waals surface area (Å²) in [5, 5.41) is 2.25. The molecule has 5 nitrogen and oxygen atoms in total. The summed E-state index contributed by atoms with van der Waals surface area (Å²) in [6.07, 6.45) is 4.44. The quantitative estimate of drug-likeness (QED) is 0.155. The summed E-state index contributed by atoms with van der Waals surface area (Å²) in [5.41, 5.74) is 25.3. The van der Waals surface area contributed by atoms with Gasteiger partial charge in [0.2, 0.25) is 0 Å². The predicted molar refractivity (Wildman–Crippen MR) is 305 cm³/mol. The van der Waals surface area contributed by atoms with Gasteiger partial charge in [-0.05, 0) is 168 Å². The largest absolute Gasteiger partial charge is 0.454 e. The summed E-state index contributed by atoms with van der Waals surface area (Å²) >= 11 is 0. The average Bonchev–Trinajstić information content (AvgIpc) is 3.94. The van der Waals surface area contributed by atoms with E-state index in [9.17, 15) is 0 Å². The van der Waals surface area contributed by atoms with Crippen molar-refractivity contribution in [1.29, 1.82) is 0 Å². The van der Waals surface area contributed by atoms with E-state index in [2.05, 4.69) is 251 Å². The molecule has 0 bridgehead atoms. The molecule has 6 heteroatoms. The first-order valence-corrected chi connectivity index (χ1v) is 26.0. The lowest BCUT2D eigenvalue weighted by atomic mass is 9.34. The maximum Gasteiger partial charge on any atom is 0.273 e. The fourth-order valence-electron chi connectivity index (χ4n) is 12.3. The highest BCUT2D eigenvalue weighted by Crippen LogP contribution is 2.51. The Morgan fingerprint density at radius 3 is 1.71 bits per heavy atom. The second kappa shape index (κ2) is 16.4. The van der Waals surface area contributed by atoms with Crippen LogP contribution in [-0.2, 0) is 23.7 Å². The number of benzene rings is 8. The molecule has 0 spiro atoms. The van der Waals surface area contributed by atoms with Gasteiger partial charge in [0, 0.05) is 67.6 Å². The number of furan rings is 1. The predicted octanol–water partition coefficient (Wildman–Crippen LogP) is 16.0. The molecule has 0 atom stereocenters. The molecule has 0 radical (unpaired) electrons. The van der Waals surface area contributed by atoms with Crippen LogP contribution in [0, 0.1) is 13.8 Å². The lowest BCUT2D eigenvalue weighted by Crippen LogP contribution is -2.63. The minimum Gasteiger partial charge on any atom is -0.454 e. The van der Waals surface area contributed by atoms with Crippen LogP contribution in [0.5, 0.6) is 0 Å². The highest BCUT2D eigenvalue weighted by molar-refractivity contribution is 7.00. The van der Waals surface area contributed by atoms with Gasteiger partial charge in [-0.2, -0.15) is 0 Å². The van der Waals surface area contributed by atoms with Crippen LogP contribution < -0.4 is 31.2 Å². The lowest BCUT2D eigenvalue weighted by molar-refractivity contribution is 0.590. The van der Waals surface area contributed by atoms with E-state index in [1.54, 1.807) is 0 Å². The van der Waals surface area contributed by atoms with Crippen LogP contribution >= 0.6 is 0 Å². The summed E-state index contributed by atoms with van der Waals surface area (Å²) < 4.78 is 9.80. The van der Waals surface area contributed by atoms with Crippen molar-refractivity contribution in [2.75, 3.05) is 14.7 Å². The number of aryl methyl sites for hydroxylation is 2. The fourth-order valence-corrected chi connectivity index (χ4v) is 12.3. The third kappa shape index (κ3) is 6.89. The van der Waals surface area contributed by atoms with E-state index in [-0.39, 0.29) is 17.5 Å². The second-order valence-corrected chi connectivity index (χ2v) is 22.6. The summed E-state index contributed by atoms with van der Waals surface area (Å²) in [5.74, 6) is 0. The molecule has 4 heterocycles. The molecular weight excluding hydrogens is 876 g/mol. The van der Waals surface area contributed by atoms with E-state index in [1.165, 1.54) is 85.7 Å². The van der Waals surface area contributed by atoms with Crippen molar-refractivity contribution in [2.45, 2.75) is 91.9 Å². The van der Waals surface area contributed by atoms with Gasteiger partial charge >= 0.3 is 0 Å². The number of para-hydroxylation sites is 4. The van der Waals surface area contributed by atoms with Gasteiger partial charge in [-0.3, -0.25) is 0 Å². The molecule has 3 aliphatic rings. The zero-order valence-corrected chi connectivity index (χ0v) is 42.8. The Kier molecular flexibility index (Phi) is 10.1. The molecule has 1 aliphatic carbocycles. The highest BCUT2D eigenvalue weighted by Gasteiger charge is 2.48. The number of nitrogens with zero attached hydrogens (tertiary/aromatic N) is 4. The van der Waals surface area contributed by atoms with Gasteiger partial charge in [-0.25, -0.2) is 0 Å². The summed E-state index contributed by atoms with van der Waals surface area (Å²) in [6.45, 7) is 18.1. The molecule has 354 valence electrons. The smallest absolute Gasteiger partial charge is 0.273 e. The van der Waals surface area contributed by atoms with Crippen LogP contribution in [-0.4, -0.2) is 11.3 Å². The average molecular weight is 937 g/mol. The van der Waals surface area contributed by atoms with Gasteiger partial charge in [-0.15, -0.1) is 0 Å². The minimum atomic E-state index is -0.0839. The first-order chi connectivity index (χ1) is 34.8. The number of anilines is 9. The molecule has 10 aromatic rings. The molecule has 0 saturated carbocycles. The Morgan fingerprint density at radius 2 is 1.07 bits per heavy atom. The van der Waals surface area contributed by atoms with Crippen LogP contribution in [0.1, 0.15) is 87.9 Å². The normalized spacial score (nSPS) is 14.1. The van der Waals surface area contributed by atoms with Crippen LogP contribution in [0.3, 0.4) is 0 Å². The Bertz CT molecular complexity index is 3680. The zero-order valence-electron chi connectivity index (χ0n) is 42.8. The Labute approximate surface area is 425 Å². The standard InChI is InChI=1S/C66H61BN4O/c1-42-39-58-60-59(40-42)71(56-28-18-26-52-51-25-17-19-43(2)62(51)72-63(52)56)57-41-50(68(48-33-29-44(30-34-48)65(3,4)5)49-35-31-45(32-36-49)66(6,7)8)37-38-54(57)67(60)64-61(69(58)46-20-11-9-12-21-46)53-24-15-16-27-55(53)70(64)47-22-13-10-14-23-47/h9-14,17-23,25-26,28-41H,15-16,24,27H2,1-8H3. The van der Waals surface area contributed by atoms with Gasteiger partial charge in [0.15, 0.2) is 5.58 Å². The molecule has 72 heavy (non-hydrogen) atoms. The molecule has 0 amide bonds. The zero-order chi connectivity index (χ0) is 49.2. The molecule has 2 aliphatic heterocycles.